The number of halogens is 1. The molecule has 0 saturated carbocycles. The first-order valence-electron chi connectivity index (χ1n) is 3.75. The van der Waals surface area contributed by atoms with Gasteiger partial charge in [-0.25, -0.2) is 4.57 Å². The highest BCUT2D eigenvalue weighted by atomic mass is 35.5. The quantitative estimate of drug-likeness (QED) is 0.516. The number of phosphoric acid groups is 1. The lowest BCUT2D eigenvalue weighted by molar-refractivity contribution is -0.133. The van der Waals surface area contributed by atoms with Crippen LogP contribution in [0.15, 0.2) is 0 Å². The molecule has 5 nitrogen and oxygen atoms in total. The molecule has 0 aliphatic carbocycles. The molecule has 78 valence electrons. The summed E-state index contributed by atoms with van der Waals surface area (Å²) in [5, 5.41) is 0. The van der Waals surface area contributed by atoms with E-state index in [9.17, 15) is 9.36 Å². The second-order valence-electron chi connectivity index (χ2n) is 1.88. The summed E-state index contributed by atoms with van der Waals surface area (Å²) in [7, 11) is -3.73. The van der Waals surface area contributed by atoms with Crippen molar-refractivity contribution in [3.8, 4) is 0 Å². The highest BCUT2D eigenvalue weighted by molar-refractivity contribution is 7.49. The van der Waals surface area contributed by atoms with Gasteiger partial charge in [-0.2, -0.15) is 0 Å². The van der Waals surface area contributed by atoms with Crippen molar-refractivity contribution in [2.45, 2.75) is 13.8 Å². The predicted molar refractivity (Wildman–Crippen MR) is 47.7 cm³/mol. The van der Waals surface area contributed by atoms with Gasteiger partial charge in [0.2, 0.25) is 0 Å². The number of carbonyl (C=O) groups excluding carboxylic acids is 1. The van der Waals surface area contributed by atoms with Crippen LogP contribution >= 0.6 is 19.4 Å². The van der Waals surface area contributed by atoms with Gasteiger partial charge in [0.25, 0.3) is 0 Å². The fourth-order valence-electron chi connectivity index (χ4n) is 0.555. The van der Waals surface area contributed by atoms with Crippen molar-refractivity contribution >= 4 is 25.4 Å². The largest absolute Gasteiger partial charge is 0.532 e. The minimum Gasteiger partial charge on any atom is -0.369 e. The van der Waals surface area contributed by atoms with Gasteiger partial charge in [-0.05, 0) is 13.8 Å². The van der Waals surface area contributed by atoms with Gasteiger partial charge < -0.3 is 4.52 Å². The Morgan fingerprint density at radius 3 is 2.08 bits per heavy atom. The van der Waals surface area contributed by atoms with Gasteiger partial charge in [0.1, 0.15) is 5.88 Å². The minimum atomic E-state index is -3.73. The normalized spacial score (nSPS) is 11.3. The van der Waals surface area contributed by atoms with Crippen molar-refractivity contribution in [2.24, 2.45) is 0 Å². The number of alkyl halides is 1. The first kappa shape index (κ1) is 12.9. The van der Waals surface area contributed by atoms with Gasteiger partial charge in [0.05, 0.1) is 13.2 Å². The van der Waals surface area contributed by atoms with Crippen molar-refractivity contribution in [1.82, 2.24) is 0 Å². The third-order valence-corrected chi connectivity index (χ3v) is 2.69. The number of hydrogen-bond donors (Lipinski definition) is 0. The molecule has 0 saturated heterocycles. The van der Waals surface area contributed by atoms with Crippen molar-refractivity contribution < 1.29 is 22.9 Å². The van der Waals surface area contributed by atoms with E-state index in [-0.39, 0.29) is 19.1 Å². The molecule has 7 heteroatoms. The molecule has 13 heavy (non-hydrogen) atoms. The Balaban J connectivity index is 4.23. The molecule has 0 rings (SSSR count). The van der Waals surface area contributed by atoms with Gasteiger partial charge in [0.15, 0.2) is 0 Å². The third kappa shape index (κ3) is 5.26. The van der Waals surface area contributed by atoms with Crippen molar-refractivity contribution in [3.63, 3.8) is 0 Å². The zero-order chi connectivity index (χ0) is 10.3. The predicted octanol–water partition coefficient (Wildman–Crippen LogP) is 1.95. The van der Waals surface area contributed by atoms with Crippen molar-refractivity contribution in [3.05, 3.63) is 0 Å². The molecule has 0 unspecified atom stereocenters. The first-order valence-corrected chi connectivity index (χ1v) is 5.75. The number of phosphoric ester groups is 1. The van der Waals surface area contributed by atoms with Crippen molar-refractivity contribution in [1.29, 1.82) is 0 Å². The molecule has 0 spiro atoms. The Hall–Kier alpha value is -0.0900. The second-order valence-corrected chi connectivity index (χ2v) is 3.74. The van der Waals surface area contributed by atoms with Crippen LogP contribution in [0.25, 0.3) is 0 Å². The topological polar surface area (TPSA) is 61.8 Å². The molecule has 0 aliphatic heterocycles. The van der Waals surface area contributed by atoms with Crippen LogP contribution < -0.4 is 0 Å². The van der Waals surface area contributed by atoms with Gasteiger partial charge in [-0.3, -0.25) is 13.8 Å². The maximum atomic E-state index is 11.4. The fourth-order valence-corrected chi connectivity index (χ4v) is 1.81. The summed E-state index contributed by atoms with van der Waals surface area (Å²) < 4.78 is 25.2. The Morgan fingerprint density at radius 2 is 1.77 bits per heavy atom. The molecule has 0 aromatic rings. The Morgan fingerprint density at radius 1 is 1.31 bits per heavy atom. The van der Waals surface area contributed by atoms with Gasteiger partial charge in [0, 0.05) is 0 Å². The van der Waals surface area contributed by atoms with Gasteiger partial charge in [-0.1, -0.05) is 0 Å². The molecule has 0 atom stereocenters. The molecule has 0 N–H and O–H groups in total. The lowest BCUT2D eigenvalue weighted by Crippen LogP contribution is -2.08. The summed E-state index contributed by atoms with van der Waals surface area (Å²) >= 11 is 5.15. The molecular formula is C6H12ClO5P. The molecule has 0 amide bonds. The third-order valence-electron chi connectivity index (χ3n) is 0.897. The Bertz CT molecular complexity index is 197. The van der Waals surface area contributed by atoms with Crippen LogP contribution in [0.2, 0.25) is 0 Å². The smallest absolute Gasteiger partial charge is 0.369 e. The molecule has 0 aliphatic rings. The number of rotatable bonds is 6. The van der Waals surface area contributed by atoms with E-state index in [2.05, 4.69) is 13.6 Å². The average Bonchev–Trinajstić information content (AvgIpc) is 2.04. The first-order chi connectivity index (χ1) is 6.08. The standard InChI is InChI=1S/C6H12ClO5P/c1-3-10-13(9,11-4-2)12-6(8)5-7/h3-5H2,1-2H3. The van der Waals surface area contributed by atoms with Gasteiger partial charge in [-0.15, -0.1) is 11.6 Å². The lowest BCUT2D eigenvalue weighted by atomic mass is 10.8. The zero-order valence-electron chi connectivity index (χ0n) is 7.49. The van der Waals surface area contributed by atoms with E-state index < -0.39 is 13.8 Å². The fraction of sp³-hybridized carbons (Fsp3) is 0.833. The molecule has 0 radical (unpaired) electrons. The highest BCUT2D eigenvalue weighted by Gasteiger charge is 2.29. The van der Waals surface area contributed by atoms with E-state index in [4.69, 9.17) is 11.6 Å². The summed E-state index contributed by atoms with van der Waals surface area (Å²) in [6.45, 7) is 3.49. The molecule has 0 bridgehead atoms. The molecule has 0 aromatic heterocycles. The summed E-state index contributed by atoms with van der Waals surface area (Å²) in [6, 6.07) is 0. The van der Waals surface area contributed by atoms with E-state index in [1.807, 2.05) is 0 Å². The maximum absolute atomic E-state index is 11.4. The van der Waals surface area contributed by atoms with Crippen LogP contribution in [0.1, 0.15) is 13.8 Å². The van der Waals surface area contributed by atoms with Crippen LogP contribution in [0.3, 0.4) is 0 Å². The Kier molecular flexibility index (Phi) is 6.33. The SMILES string of the molecule is CCOP(=O)(OCC)OC(=O)CCl. The Labute approximate surface area is 81.9 Å². The number of carbonyl (C=O) groups is 1. The maximum Gasteiger partial charge on any atom is 0.532 e. The van der Waals surface area contributed by atoms with E-state index >= 15 is 0 Å². The van der Waals surface area contributed by atoms with Crippen LogP contribution in [0.4, 0.5) is 0 Å². The zero-order valence-corrected chi connectivity index (χ0v) is 9.14. The van der Waals surface area contributed by atoms with Crippen LogP contribution in [0, 0.1) is 0 Å². The average molecular weight is 231 g/mol. The molecule has 0 heterocycles. The summed E-state index contributed by atoms with van der Waals surface area (Å²) in [6.07, 6.45) is 0. The van der Waals surface area contributed by atoms with Crippen LogP contribution in [-0.2, 0) is 22.9 Å². The van der Waals surface area contributed by atoms with E-state index in [0.717, 1.165) is 0 Å². The van der Waals surface area contributed by atoms with E-state index in [1.54, 1.807) is 13.8 Å². The lowest BCUT2D eigenvalue weighted by Gasteiger charge is -2.14. The number of hydrogen-bond acceptors (Lipinski definition) is 5. The molecule has 0 aromatic carbocycles. The monoisotopic (exact) mass is 230 g/mol. The van der Waals surface area contributed by atoms with Crippen LogP contribution in [0.5, 0.6) is 0 Å². The summed E-state index contributed by atoms with van der Waals surface area (Å²) in [5.41, 5.74) is 0. The highest BCUT2D eigenvalue weighted by Crippen LogP contribution is 2.49. The van der Waals surface area contributed by atoms with E-state index in [0.29, 0.717) is 0 Å². The van der Waals surface area contributed by atoms with Crippen molar-refractivity contribution in [2.75, 3.05) is 19.1 Å². The minimum absolute atomic E-state index is 0.132. The second kappa shape index (κ2) is 6.38. The van der Waals surface area contributed by atoms with Gasteiger partial charge >= 0.3 is 13.8 Å². The summed E-state index contributed by atoms with van der Waals surface area (Å²) in [4.78, 5) is 10.7. The van der Waals surface area contributed by atoms with E-state index in [1.165, 1.54) is 0 Å². The molecular weight excluding hydrogens is 218 g/mol. The van der Waals surface area contributed by atoms with Crippen LogP contribution in [-0.4, -0.2) is 25.1 Å². The molecule has 0 fully saturated rings. The summed E-state index contributed by atoms with van der Waals surface area (Å²) in [5.74, 6) is -1.21.